The maximum atomic E-state index is 12.6. The first-order valence-electron chi connectivity index (χ1n) is 47.3. The molecule has 18 atom stereocenters. The van der Waals surface area contributed by atoms with Crippen molar-refractivity contribution in [1.82, 2.24) is 10.6 Å². The topological polar surface area (TPSA) is 441 Å². The maximum Gasteiger partial charge on any atom is 0.341 e. The fraction of sp³-hybridized carbons (Fsp3) is 0.594. The molecule has 12 rings (SSSR count). The molecule has 3 saturated carbocycles. The number of nitrogens with two attached hydrogens (primary N) is 1. The second-order valence-corrected chi connectivity index (χ2v) is 37.5. The highest BCUT2D eigenvalue weighted by Gasteiger charge is 2.48. The normalized spacial score (nSPS) is 21.3. The summed E-state index contributed by atoms with van der Waals surface area (Å²) >= 11 is 0. The third-order valence-corrected chi connectivity index (χ3v) is 26.9. The van der Waals surface area contributed by atoms with Gasteiger partial charge >= 0.3 is 29.8 Å². The predicted octanol–water partition coefficient (Wildman–Crippen LogP) is 16.2. The number of unbranched alkanes of at least 4 members (excludes halogenated alkanes) is 6. The Bertz CT molecular complexity index is 4580. The van der Waals surface area contributed by atoms with E-state index >= 15 is 0 Å². The number of hydrogen-bond donors (Lipinski definition) is 12. The van der Waals surface area contributed by atoms with Gasteiger partial charge in [-0.2, -0.15) is 8.42 Å². The van der Waals surface area contributed by atoms with Gasteiger partial charge in [-0.25, -0.2) is 9.59 Å². The number of carbonyl (C=O) groups is 7. The van der Waals surface area contributed by atoms with Crippen LogP contribution in [0.1, 0.15) is 263 Å². The van der Waals surface area contributed by atoms with Crippen LogP contribution in [0, 0.1) is 60.2 Å². The van der Waals surface area contributed by atoms with Crippen molar-refractivity contribution in [3.8, 4) is 17.2 Å². The Morgan fingerprint density at radius 2 is 0.784 bits per heavy atom. The molecule has 13 N–H and O–H groups in total. The molecule has 0 heterocycles. The van der Waals surface area contributed by atoms with Gasteiger partial charge in [0.15, 0.2) is 19.8 Å². The highest BCUT2D eigenvalue weighted by molar-refractivity contribution is 7.85. The van der Waals surface area contributed by atoms with Crippen molar-refractivity contribution >= 4 is 51.8 Å². The molecule has 6 aromatic rings. The van der Waals surface area contributed by atoms with Gasteiger partial charge in [0.25, 0.3) is 21.9 Å². The summed E-state index contributed by atoms with van der Waals surface area (Å²) in [6, 6.07) is 40.3. The minimum Gasteiger partial charge on any atom is -0.483 e. The van der Waals surface area contributed by atoms with E-state index in [0.717, 1.165) is 207 Å². The second-order valence-electron chi connectivity index (χ2n) is 36.1. The van der Waals surface area contributed by atoms with Gasteiger partial charge in [-0.3, -0.25) is 28.5 Å². The van der Waals surface area contributed by atoms with Crippen LogP contribution in [0.4, 0.5) is 0 Å². The summed E-state index contributed by atoms with van der Waals surface area (Å²) < 4.78 is 61.4. The van der Waals surface area contributed by atoms with E-state index in [1.54, 1.807) is 32.9 Å². The van der Waals surface area contributed by atoms with Crippen LogP contribution in [0.25, 0.3) is 0 Å². The molecule has 6 aromatic carbocycles. The summed E-state index contributed by atoms with van der Waals surface area (Å²) in [5, 5.41) is 86.3. The van der Waals surface area contributed by atoms with Gasteiger partial charge in [0.2, 0.25) is 0 Å². The Kier molecular flexibility index (Phi) is 53.2. The number of aliphatic carboxylic acids is 2. The monoisotopic (exact) mass is 1890 g/mol. The SMILES string of the molecule is C.C.C.CCCCC[C@H](O)CC[C@@H]1[C@H]2Cc3cccc(OCC(=O)NC(C)C(=O)O)c3C[C@H]2C[C@H]1O.CCCCC[C@H](O)CC[C@@H]1[C@H]2Cc3cccc(OCC(=O)NC(C)C(=O)OCc4ccccc4)c3C[C@H]2C[C@H]1O.CCCCC[C@H](O)CC[C@@H]1[C@H]2Cc3cccc(OCC(=O)O)c3C[C@H]2C[C@H]1O.CCOC(C)=O.C[C@H](N)C(=O)OCc1ccccc1.Cc1ccc(S(=O)(=O)O)cc1. The number of benzene rings is 6. The molecule has 28 heteroatoms. The van der Waals surface area contributed by atoms with Crippen LogP contribution in [0.15, 0.2) is 144 Å². The molecule has 0 spiro atoms. The molecule has 0 aromatic heterocycles. The molecule has 3 fully saturated rings. The average molecular weight is 1890 g/mol. The van der Waals surface area contributed by atoms with Crippen LogP contribution in [0.3, 0.4) is 0 Å². The van der Waals surface area contributed by atoms with Crippen LogP contribution in [-0.2, 0) is 110 Å². The lowest BCUT2D eigenvalue weighted by molar-refractivity contribution is -0.149. The number of rotatable bonds is 41. The van der Waals surface area contributed by atoms with E-state index in [2.05, 4.69) is 54.3 Å². The van der Waals surface area contributed by atoms with E-state index in [0.29, 0.717) is 66.0 Å². The van der Waals surface area contributed by atoms with Gasteiger partial charge in [-0.05, 0) is 278 Å². The molecule has 2 amide bonds. The number of hydrogen-bond acceptors (Lipinski definition) is 22. The van der Waals surface area contributed by atoms with E-state index in [9.17, 15) is 72.6 Å². The number of amides is 2. The van der Waals surface area contributed by atoms with Crippen molar-refractivity contribution in [2.24, 2.45) is 59.0 Å². The minimum atomic E-state index is -4.02. The summed E-state index contributed by atoms with van der Waals surface area (Å²) in [6.07, 6.45) is 23.1. The molecule has 748 valence electrons. The first-order valence-corrected chi connectivity index (χ1v) is 48.7. The zero-order valence-electron chi connectivity index (χ0n) is 78.1. The van der Waals surface area contributed by atoms with E-state index in [1.165, 1.54) is 42.7 Å². The number of nitrogens with one attached hydrogen (secondary N) is 2. The van der Waals surface area contributed by atoms with Crippen LogP contribution < -0.4 is 30.6 Å². The number of ether oxygens (including phenoxy) is 6. The van der Waals surface area contributed by atoms with E-state index in [1.807, 2.05) is 104 Å². The van der Waals surface area contributed by atoms with E-state index in [4.69, 9.17) is 44.2 Å². The number of carboxylic acids is 2. The zero-order chi connectivity index (χ0) is 95.7. The molecule has 6 aliphatic carbocycles. The molecular formula is C106H159N3O24S. The molecule has 27 nitrogen and oxygen atoms in total. The molecule has 2 unspecified atom stereocenters. The maximum absolute atomic E-state index is 12.6. The van der Waals surface area contributed by atoms with Gasteiger partial charge < -0.3 is 85.6 Å². The first-order chi connectivity index (χ1) is 62.6. The van der Waals surface area contributed by atoms with Crippen molar-refractivity contribution in [2.45, 2.75) is 331 Å². The average Bonchev–Trinajstić information content (AvgIpc) is 1.63. The Hall–Kier alpha value is -9.36. The van der Waals surface area contributed by atoms with Crippen molar-refractivity contribution in [3.05, 3.63) is 190 Å². The first kappa shape index (κ1) is 117. The third kappa shape index (κ3) is 39.4. The number of aliphatic hydroxyl groups excluding tert-OH is 6. The lowest BCUT2D eigenvalue weighted by Crippen LogP contribution is -2.41. The standard InChI is InChI=1S/C33H45NO6.C26H39NO6.C23H34O5.C10H13NO2.C7H8O3S.C4H8O2.3CH4/c1-3-4-6-13-26(35)15-16-27-28-17-24-12-9-14-31(29(24)18-25(28)19-30(27)36)39-21-32(37)34-22(2)33(38)40-20-23-10-7-5-8-11-23;1-3-4-5-8-19(28)10-11-20-21-12-17-7-6-9-24(22(17)13-18(21)14-23(20)29)33-15-25(30)27-16(2)26(31)32;1-2-3-4-7-17(24)9-10-18-19-11-15-6-5-8-22(28-14-23(26)27)20(15)12-16(19)13-21(18)25;1-8(11)10(12)13-7-9-5-3-2-4-6-9;1-6-2-4-7(5-3-6)11(8,9)10;1-3-6-4(2)5;;;/h5,7-12,14,22,25-28,30,35-36H,3-4,6,13,15-21H2,1-2H3,(H,34,37);6-7,9,16,18-21,23,28-29H,3-5,8,10-15H2,1-2H3,(H,27,30)(H,31,32);5-6,8,16-19,21,24-25H,2-4,7,9-14H2,1H3,(H,26,27);2-6,8H,7,11H2,1H3;2-5H,1H3,(H,8,9,10);3H2,1-2H3;3*1H4/t22?,25-,26-,27+,28-,30+;16?,18-,19-,20+,21-,23+;16-,17-,18+,19-,21+;8-;;;;;/m0000...../s1. The van der Waals surface area contributed by atoms with Gasteiger partial charge in [-0.1, -0.05) is 216 Å². The summed E-state index contributed by atoms with van der Waals surface area (Å²) in [5.74, 6) is 1.02. The second kappa shape index (κ2) is 61.0. The number of carboxylic acid groups (broad SMARTS) is 2. The van der Waals surface area contributed by atoms with E-state index in [-0.39, 0.29) is 126 Å². The van der Waals surface area contributed by atoms with Crippen molar-refractivity contribution < 1.29 is 116 Å². The summed E-state index contributed by atoms with van der Waals surface area (Å²) in [5.41, 5.74) is 15.1. The number of fused-ring (bicyclic) bond motifs is 6. The van der Waals surface area contributed by atoms with Crippen molar-refractivity contribution in [2.75, 3.05) is 26.4 Å². The fourth-order valence-electron chi connectivity index (χ4n) is 19.0. The number of esters is 3. The molecule has 134 heavy (non-hydrogen) atoms. The molecular weight excluding hydrogens is 1730 g/mol. The van der Waals surface area contributed by atoms with Crippen molar-refractivity contribution in [3.63, 3.8) is 0 Å². The largest absolute Gasteiger partial charge is 0.483 e. The molecule has 0 radical (unpaired) electrons. The lowest BCUT2D eigenvalue weighted by atomic mass is 9.73. The van der Waals surface area contributed by atoms with E-state index < -0.39 is 52.1 Å². The van der Waals surface area contributed by atoms with Crippen LogP contribution in [0.5, 0.6) is 17.2 Å². The number of carbonyl (C=O) groups excluding carboxylic acids is 5. The molecule has 0 bridgehead atoms. The minimum absolute atomic E-state index is 0. The number of aryl methyl sites for hydroxylation is 1. The Labute approximate surface area is 797 Å². The number of aliphatic hydroxyl groups is 6. The van der Waals surface area contributed by atoms with Crippen molar-refractivity contribution in [1.29, 1.82) is 0 Å². The zero-order valence-corrected chi connectivity index (χ0v) is 79.0. The fourth-order valence-corrected chi connectivity index (χ4v) is 19.5. The van der Waals surface area contributed by atoms with Crippen LogP contribution in [0.2, 0.25) is 0 Å². The van der Waals surface area contributed by atoms with Gasteiger partial charge in [0.1, 0.15) is 48.6 Å². The van der Waals surface area contributed by atoms with Gasteiger partial charge in [0, 0.05) is 6.92 Å². The Balaban J connectivity index is 0.000000362. The predicted molar refractivity (Wildman–Crippen MR) is 520 cm³/mol. The Morgan fingerprint density at radius 3 is 1.09 bits per heavy atom. The van der Waals surface area contributed by atoms with Crippen LogP contribution in [-0.4, -0.2) is 177 Å². The quantitative estimate of drug-likeness (QED) is 0.00734. The molecule has 0 saturated heterocycles. The highest BCUT2D eigenvalue weighted by atomic mass is 32.2. The smallest absolute Gasteiger partial charge is 0.341 e. The summed E-state index contributed by atoms with van der Waals surface area (Å²) in [6.45, 7) is 16.3. The molecule has 0 aliphatic heterocycles. The van der Waals surface area contributed by atoms with Gasteiger partial charge in [0.05, 0.1) is 48.1 Å². The lowest BCUT2D eigenvalue weighted by Gasteiger charge is -2.32. The third-order valence-electron chi connectivity index (χ3n) is 26.0. The van der Waals surface area contributed by atoms with Gasteiger partial charge in [-0.15, -0.1) is 0 Å². The summed E-state index contributed by atoms with van der Waals surface area (Å²) in [4.78, 5) is 79.4. The molecule has 6 aliphatic rings. The highest BCUT2D eigenvalue weighted by Crippen LogP contribution is 2.52. The summed E-state index contributed by atoms with van der Waals surface area (Å²) in [7, 11) is -4.02. The van der Waals surface area contributed by atoms with Crippen LogP contribution >= 0.6 is 0 Å². The Morgan fingerprint density at radius 1 is 0.440 bits per heavy atom.